The van der Waals surface area contributed by atoms with E-state index in [0.717, 1.165) is 31.4 Å². The Bertz CT molecular complexity index is 405. The molecule has 0 amide bonds. The minimum atomic E-state index is -4.33. The van der Waals surface area contributed by atoms with Crippen LogP contribution < -0.4 is 5.32 Å². The van der Waals surface area contributed by atoms with Crippen molar-refractivity contribution >= 4 is 5.69 Å². The van der Waals surface area contributed by atoms with E-state index in [9.17, 15) is 18.3 Å². The highest BCUT2D eigenvalue weighted by Crippen LogP contribution is 2.31. The summed E-state index contributed by atoms with van der Waals surface area (Å²) >= 11 is 0. The molecular formula is C13H16F3NO. The van der Waals surface area contributed by atoms with Crippen LogP contribution in [0.2, 0.25) is 0 Å². The summed E-state index contributed by atoms with van der Waals surface area (Å²) in [4.78, 5) is 0. The molecule has 5 heteroatoms. The molecule has 0 aliphatic heterocycles. The number of nitrogens with one attached hydrogen (secondary N) is 1. The van der Waals surface area contributed by atoms with Crippen LogP contribution in [0.3, 0.4) is 0 Å². The van der Waals surface area contributed by atoms with Gasteiger partial charge in [0.05, 0.1) is 17.7 Å². The number of rotatable bonds is 2. The second-order valence-electron chi connectivity index (χ2n) is 4.68. The third-order valence-electron chi connectivity index (χ3n) is 3.27. The van der Waals surface area contributed by atoms with Gasteiger partial charge in [-0.15, -0.1) is 0 Å². The first-order valence-corrected chi connectivity index (χ1v) is 6.09. The Morgan fingerprint density at radius 3 is 2.56 bits per heavy atom. The molecule has 100 valence electrons. The summed E-state index contributed by atoms with van der Waals surface area (Å²) in [5, 5.41) is 12.8. The minimum Gasteiger partial charge on any atom is -0.391 e. The molecule has 1 fully saturated rings. The second kappa shape index (κ2) is 5.18. The van der Waals surface area contributed by atoms with Crippen molar-refractivity contribution in [1.82, 2.24) is 0 Å². The molecule has 18 heavy (non-hydrogen) atoms. The highest BCUT2D eigenvalue weighted by Gasteiger charge is 2.31. The summed E-state index contributed by atoms with van der Waals surface area (Å²) < 4.78 is 37.6. The van der Waals surface area contributed by atoms with Gasteiger partial charge in [-0.05, 0) is 31.0 Å². The van der Waals surface area contributed by atoms with E-state index in [2.05, 4.69) is 5.32 Å². The number of alkyl halides is 3. The zero-order valence-electron chi connectivity index (χ0n) is 9.87. The Morgan fingerprint density at radius 2 is 1.89 bits per heavy atom. The SMILES string of the molecule is OC1CCCCC1Nc1cccc(C(F)(F)F)c1. The Kier molecular flexibility index (Phi) is 3.80. The van der Waals surface area contributed by atoms with Crippen LogP contribution in [0.4, 0.5) is 18.9 Å². The quantitative estimate of drug-likeness (QED) is 0.853. The highest BCUT2D eigenvalue weighted by atomic mass is 19.4. The zero-order valence-corrected chi connectivity index (χ0v) is 9.87. The molecule has 0 aromatic heterocycles. The molecule has 0 saturated heterocycles. The molecule has 2 unspecified atom stereocenters. The Balaban J connectivity index is 2.09. The van der Waals surface area contributed by atoms with Crippen LogP contribution in [0.5, 0.6) is 0 Å². The summed E-state index contributed by atoms with van der Waals surface area (Å²) in [6.45, 7) is 0. The molecule has 0 bridgehead atoms. The number of hydrogen-bond acceptors (Lipinski definition) is 2. The minimum absolute atomic E-state index is 0.151. The van der Waals surface area contributed by atoms with E-state index in [1.54, 1.807) is 6.07 Å². The van der Waals surface area contributed by atoms with Gasteiger partial charge < -0.3 is 10.4 Å². The maximum Gasteiger partial charge on any atom is 0.416 e. The number of aliphatic hydroxyl groups is 1. The lowest BCUT2D eigenvalue weighted by molar-refractivity contribution is -0.137. The van der Waals surface area contributed by atoms with Gasteiger partial charge in [-0.2, -0.15) is 13.2 Å². The molecule has 0 radical (unpaired) electrons. The van der Waals surface area contributed by atoms with Gasteiger partial charge in [-0.1, -0.05) is 18.9 Å². The summed E-state index contributed by atoms with van der Waals surface area (Å²) in [5.74, 6) is 0. The first kappa shape index (κ1) is 13.2. The number of anilines is 1. The van der Waals surface area contributed by atoms with E-state index in [1.165, 1.54) is 6.07 Å². The van der Waals surface area contributed by atoms with Crippen molar-refractivity contribution in [3.8, 4) is 0 Å². The number of hydrogen-bond donors (Lipinski definition) is 2. The fraction of sp³-hybridized carbons (Fsp3) is 0.538. The van der Waals surface area contributed by atoms with Crippen LogP contribution in [-0.2, 0) is 6.18 Å². The van der Waals surface area contributed by atoms with Crippen molar-refractivity contribution in [1.29, 1.82) is 0 Å². The molecule has 2 N–H and O–H groups in total. The maximum atomic E-state index is 12.5. The third-order valence-corrected chi connectivity index (χ3v) is 3.27. The van der Waals surface area contributed by atoms with Crippen molar-refractivity contribution in [3.05, 3.63) is 29.8 Å². The zero-order chi connectivity index (χ0) is 13.2. The largest absolute Gasteiger partial charge is 0.416 e. The fourth-order valence-electron chi connectivity index (χ4n) is 2.28. The molecule has 1 aliphatic rings. The lowest BCUT2D eigenvalue weighted by atomic mass is 9.92. The predicted octanol–water partition coefficient (Wildman–Crippen LogP) is 3.42. The van der Waals surface area contributed by atoms with Crippen molar-refractivity contribution in [3.63, 3.8) is 0 Å². The predicted molar refractivity (Wildman–Crippen MR) is 63.3 cm³/mol. The first-order chi connectivity index (χ1) is 8.47. The van der Waals surface area contributed by atoms with E-state index < -0.39 is 17.8 Å². The van der Waals surface area contributed by atoms with Crippen molar-refractivity contribution in [2.24, 2.45) is 0 Å². The van der Waals surface area contributed by atoms with Gasteiger partial charge in [0.2, 0.25) is 0 Å². The topological polar surface area (TPSA) is 32.3 Å². The molecular weight excluding hydrogens is 243 g/mol. The molecule has 1 saturated carbocycles. The summed E-state index contributed by atoms with van der Waals surface area (Å²) in [5.41, 5.74) is -0.256. The molecule has 0 spiro atoms. The molecule has 1 aromatic carbocycles. The Morgan fingerprint density at radius 1 is 1.17 bits per heavy atom. The van der Waals surface area contributed by atoms with Crippen LogP contribution in [-0.4, -0.2) is 17.3 Å². The number of benzene rings is 1. The summed E-state index contributed by atoms with van der Waals surface area (Å²) in [7, 11) is 0. The number of aliphatic hydroxyl groups excluding tert-OH is 1. The maximum absolute atomic E-state index is 12.5. The van der Waals surface area contributed by atoms with Crippen LogP contribution in [0.1, 0.15) is 31.2 Å². The van der Waals surface area contributed by atoms with E-state index in [-0.39, 0.29) is 6.04 Å². The van der Waals surface area contributed by atoms with Crippen molar-refractivity contribution in [2.45, 2.75) is 44.0 Å². The van der Waals surface area contributed by atoms with Crippen molar-refractivity contribution < 1.29 is 18.3 Å². The van der Waals surface area contributed by atoms with Gasteiger partial charge in [-0.25, -0.2) is 0 Å². The Labute approximate surface area is 104 Å². The average molecular weight is 259 g/mol. The molecule has 2 nitrogen and oxygen atoms in total. The van der Waals surface area contributed by atoms with Gasteiger partial charge in [-0.3, -0.25) is 0 Å². The number of halogens is 3. The molecule has 2 atom stereocenters. The smallest absolute Gasteiger partial charge is 0.391 e. The van der Waals surface area contributed by atoms with E-state index in [4.69, 9.17) is 0 Å². The fourth-order valence-corrected chi connectivity index (χ4v) is 2.28. The summed E-state index contributed by atoms with van der Waals surface area (Å²) in [6.07, 6.45) is -1.35. The van der Waals surface area contributed by atoms with Gasteiger partial charge in [0.15, 0.2) is 0 Å². The molecule has 0 heterocycles. The van der Waals surface area contributed by atoms with E-state index in [1.807, 2.05) is 0 Å². The van der Waals surface area contributed by atoms with E-state index >= 15 is 0 Å². The van der Waals surface area contributed by atoms with Crippen molar-refractivity contribution in [2.75, 3.05) is 5.32 Å². The first-order valence-electron chi connectivity index (χ1n) is 6.09. The highest BCUT2D eigenvalue weighted by molar-refractivity contribution is 5.47. The van der Waals surface area contributed by atoms with Crippen LogP contribution in [0.25, 0.3) is 0 Å². The standard InChI is InChI=1S/C13H16F3NO/c14-13(15,16)9-4-3-5-10(8-9)17-11-6-1-2-7-12(11)18/h3-5,8,11-12,17-18H,1-2,6-7H2. The van der Waals surface area contributed by atoms with Crippen LogP contribution in [0.15, 0.2) is 24.3 Å². The normalized spacial score (nSPS) is 24.9. The lowest BCUT2D eigenvalue weighted by Gasteiger charge is -2.29. The third kappa shape index (κ3) is 3.16. The van der Waals surface area contributed by atoms with Gasteiger partial charge in [0.25, 0.3) is 0 Å². The lowest BCUT2D eigenvalue weighted by Crippen LogP contribution is -2.36. The van der Waals surface area contributed by atoms with Crippen LogP contribution in [0, 0.1) is 0 Å². The monoisotopic (exact) mass is 259 g/mol. The van der Waals surface area contributed by atoms with Gasteiger partial charge in [0, 0.05) is 5.69 Å². The van der Waals surface area contributed by atoms with E-state index in [0.29, 0.717) is 12.1 Å². The van der Waals surface area contributed by atoms with Crippen LogP contribution >= 0.6 is 0 Å². The second-order valence-corrected chi connectivity index (χ2v) is 4.68. The Hall–Kier alpha value is -1.23. The molecule has 2 rings (SSSR count). The molecule has 1 aliphatic carbocycles. The molecule has 1 aromatic rings. The average Bonchev–Trinajstić information content (AvgIpc) is 2.31. The van der Waals surface area contributed by atoms with Gasteiger partial charge >= 0.3 is 6.18 Å². The summed E-state index contributed by atoms with van der Waals surface area (Å²) in [6, 6.07) is 4.95. The van der Waals surface area contributed by atoms with Gasteiger partial charge in [0.1, 0.15) is 0 Å².